The molecule has 1 N–H and O–H groups in total. The van der Waals surface area contributed by atoms with Gasteiger partial charge in [-0.15, -0.1) is 0 Å². The number of phenolic OH excluding ortho intramolecular Hbond substituents is 1. The van der Waals surface area contributed by atoms with Crippen molar-refractivity contribution >= 4 is 17.0 Å². The molecule has 0 bridgehead atoms. The summed E-state index contributed by atoms with van der Waals surface area (Å²) in [5, 5.41) is 12.0. The molecule has 332 valence electrons. The molecule has 0 fully saturated rings. The van der Waals surface area contributed by atoms with Gasteiger partial charge in [0.25, 0.3) is 0 Å². The van der Waals surface area contributed by atoms with Crippen LogP contribution in [-0.2, 0) is 38.1 Å². The molecule has 0 heterocycles. The van der Waals surface area contributed by atoms with Crippen molar-refractivity contribution in [1.29, 1.82) is 0 Å². The molecule has 0 saturated heterocycles. The predicted octanol–water partition coefficient (Wildman–Crippen LogP) is 16.1. The molecule has 0 aliphatic carbocycles. The summed E-state index contributed by atoms with van der Waals surface area (Å²) in [5.74, 6) is 2.57. The van der Waals surface area contributed by atoms with E-state index in [2.05, 4.69) is 152 Å². The molecule has 6 aromatic rings. The van der Waals surface area contributed by atoms with Gasteiger partial charge in [0.05, 0.1) is 13.2 Å². The van der Waals surface area contributed by atoms with Crippen LogP contribution in [-0.4, -0.2) is 18.3 Å². The molecule has 0 amide bonds. The van der Waals surface area contributed by atoms with Gasteiger partial charge in [-0.3, -0.25) is 0 Å². The second-order valence-electron chi connectivity index (χ2n) is 19.2. The van der Waals surface area contributed by atoms with Gasteiger partial charge in [-0.1, -0.05) is 126 Å². The maximum absolute atomic E-state index is 12.0. The first kappa shape index (κ1) is 50.0. The van der Waals surface area contributed by atoms with Crippen molar-refractivity contribution < 1.29 is 40.2 Å². The summed E-state index contributed by atoms with van der Waals surface area (Å²) < 4.78 is 19.3. The van der Waals surface area contributed by atoms with Crippen molar-refractivity contribution in [3.8, 4) is 56.4 Å². The minimum atomic E-state index is -0.826. The number of aryl methyl sites for hydroxylation is 6. The monoisotopic (exact) mass is 961 g/mol. The van der Waals surface area contributed by atoms with Gasteiger partial charge in [-0.25, -0.2) is 0 Å². The van der Waals surface area contributed by atoms with Gasteiger partial charge in [0, 0.05) is 40.2 Å². The van der Waals surface area contributed by atoms with Gasteiger partial charge in [0.15, 0.2) is 0 Å². The van der Waals surface area contributed by atoms with E-state index >= 15 is 0 Å². The molecule has 4 nitrogen and oxygen atoms in total. The van der Waals surface area contributed by atoms with Crippen molar-refractivity contribution in [2.24, 2.45) is 5.92 Å². The molecular weight excluding hydrogens is 899 g/mol. The Morgan fingerprint density at radius 2 is 1.00 bits per heavy atom. The zero-order valence-electron chi connectivity index (χ0n) is 39.6. The Kier molecular flexibility index (Phi) is 16.9. The first-order valence-corrected chi connectivity index (χ1v) is 28.0. The van der Waals surface area contributed by atoms with Crippen LogP contribution in [0.15, 0.2) is 97.1 Å². The van der Waals surface area contributed by atoms with Gasteiger partial charge in [0.1, 0.15) is 23.0 Å². The summed E-state index contributed by atoms with van der Waals surface area (Å²) in [6.07, 6.45) is 0.648. The van der Waals surface area contributed by atoms with Gasteiger partial charge in [-0.05, 0) is 133 Å². The van der Waals surface area contributed by atoms with E-state index in [1.54, 1.807) is 0 Å². The summed E-state index contributed by atoms with van der Waals surface area (Å²) in [6.45, 7) is 29.3. The van der Waals surface area contributed by atoms with E-state index in [1.807, 2.05) is 42.5 Å². The molecule has 0 aliphatic heterocycles. The zero-order valence-corrected chi connectivity index (χ0v) is 43.5. The summed E-state index contributed by atoms with van der Waals surface area (Å²) in [4.78, 5) is 0. The van der Waals surface area contributed by atoms with Crippen LogP contribution in [0.2, 0.25) is 0 Å². The van der Waals surface area contributed by atoms with Crippen molar-refractivity contribution in [3.63, 3.8) is 0 Å². The third-order valence-corrected chi connectivity index (χ3v) is 11.7. The van der Waals surface area contributed by atoms with Crippen molar-refractivity contribution in [2.45, 2.75) is 107 Å². The standard InChI is InChI=1S/C56H65O4.2ClH.Zr/c1-34-23-37(4)46(38(5)24-34)28-41-27-42(55(8,9)10)29-47(53(41)57)44-19-15-17-21-50(44)59-32-36(3)33-60-51-22-18-16-20-45(51)48-30-43(56(11,12)13)31-49(54(48)58-14)52-39(6)25-35(2)26-40(52)7;;;/h15-27,29-31,36,57H,14,28,32-33H2,1-13H3;2*1H;/q-1;;;+2/p-2. The molecule has 6 rings (SSSR count). The Bertz CT molecular complexity index is 2500. The second kappa shape index (κ2) is 21.3. The Hall–Kier alpha value is -4.02. The number of hydrogen-bond acceptors (Lipinski definition) is 4. The summed E-state index contributed by atoms with van der Waals surface area (Å²) in [6, 6.07) is 33.9. The topological polar surface area (TPSA) is 47.9 Å². The molecule has 63 heavy (non-hydrogen) atoms. The SMILES string of the molecule is [CH2-]Oc1c(-c2ccccc2OCC(C)COc2ccccc2-c2cc(C(C)(C)C)cc(Cc3c(C)cc(C)cc3C)c2O)cc(C(C)(C)C)cc1-c1c(C)cc(C)cc1C.[Cl][Zr][Cl]. The molecule has 6 aromatic carbocycles. The fraction of sp³-hybridized carbons (Fsp3) is 0.339. The Morgan fingerprint density at radius 3 is 1.48 bits per heavy atom. The first-order chi connectivity index (χ1) is 29.7. The number of benzene rings is 6. The zero-order chi connectivity index (χ0) is 46.4. The molecule has 0 aromatic heterocycles. The Morgan fingerprint density at radius 1 is 0.587 bits per heavy atom. The van der Waals surface area contributed by atoms with Crippen molar-refractivity contribution in [3.05, 3.63) is 160 Å². The van der Waals surface area contributed by atoms with E-state index < -0.39 is 20.8 Å². The molecule has 7 heteroatoms. The van der Waals surface area contributed by atoms with Crippen LogP contribution in [0.25, 0.3) is 33.4 Å². The number of hydrogen-bond donors (Lipinski definition) is 1. The normalized spacial score (nSPS) is 12.0. The quantitative estimate of drug-likeness (QED) is 0.124. The Balaban J connectivity index is 0.00000242. The number of halogens is 2. The van der Waals surface area contributed by atoms with Crippen molar-refractivity contribution in [1.82, 2.24) is 0 Å². The fourth-order valence-corrected chi connectivity index (χ4v) is 8.50. The molecule has 0 radical (unpaired) electrons. The van der Waals surface area contributed by atoms with E-state index in [0.717, 1.165) is 50.6 Å². The third kappa shape index (κ3) is 12.2. The number of ether oxygens (including phenoxy) is 3. The molecule has 1 unspecified atom stereocenters. The second-order valence-corrected chi connectivity index (χ2v) is 22.9. The van der Waals surface area contributed by atoms with Crippen LogP contribution in [0, 0.1) is 54.6 Å². The summed E-state index contributed by atoms with van der Waals surface area (Å²) >= 11 is -0.826. The number of para-hydroxylation sites is 2. The van der Waals surface area contributed by atoms with E-state index in [0.29, 0.717) is 25.4 Å². The van der Waals surface area contributed by atoms with E-state index in [-0.39, 0.29) is 16.7 Å². The van der Waals surface area contributed by atoms with Crippen LogP contribution in [0.4, 0.5) is 0 Å². The molecule has 0 saturated carbocycles. The van der Waals surface area contributed by atoms with Gasteiger partial charge in [-0.2, -0.15) is 7.11 Å². The average Bonchev–Trinajstić information content (AvgIpc) is 3.20. The van der Waals surface area contributed by atoms with E-state index in [1.165, 1.54) is 55.6 Å². The summed E-state index contributed by atoms with van der Waals surface area (Å²) in [7, 11) is 13.8. The van der Waals surface area contributed by atoms with E-state index in [9.17, 15) is 5.11 Å². The molecule has 0 aliphatic rings. The van der Waals surface area contributed by atoms with Crippen LogP contribution in [0.1, 0.15) is 104 Å². The molecule has 1 atom stereocenters. The number of phenols is 1. The van der Waals surface area contributed by atoms with Gasteiger partial charge >= 0.3 is 37.9 Å². The Labute approximate surface area is 397 Å². The van der Waals surface area contributed by atoms with Crippen LogP contribution in [0.3, 0.4) is 0 Å². The summed E-state index contributed by atoms with van der Waals surface area (Å²) in [5.41, 5.74) is 17.4. The number of rotatable bonds is 12. The van der Waals surface area contributed by atoms with Crippen LogP contribution < -0.4 is 14.2 Å². The number of aromatic hydroxyl groups is 1. The van der Waals surface area contributed by atoms with Crippen LogP contribution in [0.5, 0.6) is 23.0 Å². The van der Waals surface area contributed by atoms with Gasteiger partial charge < -0.3 is 19.3 Å². The molecular formula is C56H65Cl2O4Zr-. The first-order valence-electron chi connectivity index (χ1n) is 21.7. The minimum absolute atomic E-state index is 0.0431. The van der Waals surface area contributed by atoms with Crippen LogP contribution >= 0.6 is 17.0 Å². The fourth-order valence-electron chi connectivity index (χ4n) is 8.50. The van der Waals surface area contributed by atoms with E-state index in [4.69, 9.17) is 31.2 Å². The predicted molar refractivity (Wildman–Crippen MR) is 264 cm³/mol. The van der Waals surface area contributed by atoms with Gasteiger partial charge in [0.2, 0.25) is 0 Å². The maximum atomic E-state index is 12.0. The average molecular weight is 964 g/mol. The molecule has 0 spiro atoms. The third-order valence-electron chi connectivity index (χ3n) is 11.7. The van der Waals surface area contributed by atoms with Crippen molar-refractivity contribution in [2.75, 3.05) is 13.2 Å².